The maximum atomic E-state index is 11.8. The van der Waals surface area contributed by atoms with E-state index in [1.165, 1.54) is 25.7 Å². The second-order valence-corrected chi connectivity index (χ2v) is 6.47. The van der Waals surface area contributed by atoms with E-state index in [2.05, 4.69) is 31.0 Å². The van der Waals surface area contributed by atoms with Crippen LogP contribution in [0.25, 0.3) is 0 Å². The first-order chi connectivity index (χ1) is 9.44. The van der Waals surface area contributed by atoms with Gasteiger partial charge in [0, 0.05) is 12.1 Å². The molecule has 1 heterocycles. The molecule has 20 heavy (non-hydrogen) atoms. The van der Waals surface area contributed by atoms with Crippen LogP contribution >= 0.6 is 0 Å². The number of piperidine rings is 1. The Hall–Kier alpha value is -0.610. The third kappa shape index (κ3) is 4.45. The van der Waals surface area contributed by atoms with E-state index in [4.69, 9.17) is 5.73 Å². The summed E-state index contributed by atoms with van der Waals surface area (Å²) in [5.74, 6) is -0.233. The number of carbonyl (C=O) groups is 1. The van der Waals surface area contributed by atoms with Crippen LogP contribution in [0.15, 0.2) is 0 Å². The maximum absolute atomic E-state index is 11.8. The summed E-state index contributed by atoms with van der Waals surface area (Å²) in [4.78, 5) is 14.4. The Kier molecular flexibility index (Phi) is 6.96. The normalized spacial score (nSPS) is 25.1. The second kappa shape index (κ2) is 7.99. The largest absolute Gasteiger partial charge is 0.368 e. The lowest BCUT2D eigenvalue weighted by atomic mass is 9.89. The van der Waals surface area contributed by atoms with Crippen LogP contribution in [0.2, 0.25) is 0 Å². The molecule has 4 nitrogen and oxygen atoms in total. The molecule has 4 heteroatoms. The quantitative estimate of drug-likeness (QED) is 0.718. The van der Waals surface area contributed by atoms with Crippen molar-refractivity contribution >= 4 is 5.91 Å². The van der Waals surface area contributed by atoms with Gasteiger partial charge in [-0.25, -0.2) is 0 Å². The fraction of sp³-hybridized carbons (Fsp3) is 0.938. The third-order valence-electron chi connectivity index (χ3n) is 4.72. The van der Waals surface area contributed by atoms with Gasteiger partial charge in [-0.2, -0.15) is 0 Å². The highest BCUT2D eigenvalue weighted by atomic mass is 16.1. The first kappa shape index (κ1) is 17.4. The fourth-order valence-electron chi connectivity index (χ4n) is 3.41. The molecular weight excluding hydrogens is 250 g/mol. The lowest BCUT2D eigenvalue weighted by Crippen LogP contribution is -2.57. The molecule has 0 aromatic rings. The molecule has 1 aliphatic rings. The van der Waals surface area contributed by atoms with Crippen LogP contribution < -0.4 is 11.1 Å². The average Bonchev–Trinajstić information content (AvgIpc) is 2.44. The third-order valence-corrected chi connectivity index (χ3v) is 4.72. The molecule has 118 valence electrons. The van der Waals surface area contributed by atoms with E-state index in [9.17, 15) is 4.79 Å². The first-order valence-electron chi connectivity index (χ1n) is 8.25. The van der Waals surface area contributed by atoms with E-state index < -0.39 is 5.54 Å². The number of nitrogens with zero attached hydrogens (tertiary/aromatic N) is 1. The van der Waals surface area contributed by atoms with Crippen molar-refractivity contribution in [2.24, 2.45) is 5.73 Å². The smallest absolute Gasteiger partial charge is 0.237 e. The molecule has 1 rings (SSSR count). The Morgan fingerprint density at radius 1 is 1.45 bits per heavy atom. The molecule has 3 unspecified atom stereocenters. The van der Waals surface area contributed by atoms with Crippen molar-refractivity contribution in [2.45, 2.75) is 83.8 Å². The number of nitrogens with two attached hydrogens (primary N) is 1. The molecule has 0 saturated carbocycles. The van der Waals surface area contributed by atoms with Crippen LogP contribution in [0.3, 0.4) is 0 Å². The Morgan fingerprint density at radius 3 is 2.70 bits per heavy atom. The van der Waals surface area contributed by atoms with Crippen LogP contribution in [0.4, 0.5) is 0 Å². The fourth-order valence-corrected chi connectivity index (χ4v) is 3.41. The zero-order valence-electron chi connectivity index (χ0n) is 13.7. The average molecular weight is 283 g/mol. The molecular formula is C16H33N3O. The standard InChI is InChI=1S/C16H33N3O/c1-5-10-18-16(4,15(17)20)12-13(3)19-11-8-7-9-14(19)6-2/h13-14,18H,5-12H2,1-4H3,(H2,17,20). The number of carbonyl (C=O) groups excluding carboxylic acids is 1. The Balaban J connectivity index is 2.69. The van der Waals surface area contributed by atoms with Gasteiger partial charge >= 0.3 is 0 Å². The summed E-state index contributed by atoms with van der Waals surface area (Å²) < 4.78 is 0. The van der Waals surface area contributed by atoms with Gasteiger partial charge < -0.3 is 11.1 Å². The Labute approximate surface area is 124 Å². The van der Waals surface area contributed by atoms with Crippen molar-refractivity contribution in [1.82, 2.24) is 10.2 Å². The lowest BCUT2D eigenvalue weighted by Gasteiger charge is -2.42. The van der Waals surface area contributed by atoms with E-state index in [0.717, 1.165) is 25.9 Å². The van der Waals surface area contributed by atoms with Crippen molar-refractivity contribution in [2.75, 3.05) is 13.1 Å². The van der Waals surface area contributed by atoms with Gasteiger partial charge in [-0.3, -0.25) is 9.69 Å². The van der Waals surface area contributed by atoms with E-state index in [-0.39, 0.29) is 5.91 Å². The minimum absolute atomic E-state index is 0.233. The number of likely N-dealkylation sites (tertiary alicyclic amines) is 1. The Morgan fingerprint density at radius 2 is 2.15 bits per heavy atom. The van der Waals surface area contributed by atoms with Gasteiger partial charge in [0.05, 0.1) is 5.54 Å². The zero-order chi connectivity index (χ0) is 15.2. The summed E-state index contributed by atoms with van der Waals surface area (Å²) in [7, 11) is 0. The predicted molar refractivity (Wildman–Crippen MR) is 84.6 cm³/mol. The molecule has 0 radical (unpaired) electrons. The van der Waals surface area contributed by atoms with Gasteiger partial charge in [-0.1, -0.05) is 20.3 Å². The van der Waals surface area contributed by atoms with E-state index in [1.807, 2.05) is 6.92 Å². The van der Waals surface area contributed by atoms with Crippen LogP contribution in [-0.4, -0.2) is 41.5 Å². The summed E-state index contributed by atoms with van der Waals surface area (Å²) >= 11 is 0. The zero-order valence-corrected chi connectivity index (χ0v) is 13.7. The summed E-state index contributed by atoms with van der Waals surface area (Å²) in [6.45, 7) is 10.6. The van der Waals surface area contributed by atoms with Crippen molar-refractivity contribution in [3.8, 4) is 0 Å². The highest BCUT2D eigenvalue weighted by Crippen LogP contribution is 2.25. The predicted octanol–water partition coefficient (Wildman–Crippen LogP) is 2.27. The summed E-state index contributed by atoms with van der Waals surface area (Å²) in [5.41, 5.74) is 5.04. The number of nitrogens with one attached hydrogen (secondary N) is 1. The molecule has 0 aliphatic carbocycles. The lowest BCUT2D eigenvalue weighted by molar-refractivity contribution is -0.124. The topological polar surface area (TPSA) is 58.4 Å². The minimum atomic E-state index is -0.592. The number of primary amides is 1. The first-order valence-corrected chi connectivity index (χ1v) is 8.25. The van der Waals surface area contributed by atoms with Gasteiger partial charge in [0.1, 0.15) is 0 Å². The van der Waals surface area contributed by atoms with Crippen molar-refractivity contribution in [1.29, 1.82) is 0 Å². The molecule has 0 bridgehead atoms. The van der Waals surface area contributed by atoms with Crippen molar-refractivity contribution in [3.63, 3.8) is 0 Å². The molecule has 0 aromatic heterocycles. The molecule has 3 atom stereocenters. The minimum Gasteiger partial charge on any atom is -0.368 e. The SMILES string of the molecule is CCCNC(C)(CC(C)N1CCCCC1CC)C(N)=O. The summed E-state index contributed by atoms with van der Waals surface area (Å²) in [6, 6.07) is 1.06. The number of hydrogen-bond acceptors (Lipinski definition) is 3. The summed E-state index contributed by atoms with van der Waals surface area (Å²) in [5, 5.41) is 3.35. The highest BCUT2D eigenvalue weighted by molar-refractivity contribution is 5.84. The molecule has 0 aromatic carbocycles. The molecule has 3 N–H and O–H groups in total. The number of amides is 1. The summed E-state index contributed by atoms with van der Waals surface area (Å²) in [6.07, 6.45) is 6.90. The van der Waals surface area contributed by atoms with Crippen LogP contribution in [0, 0.1) is 0 Å². The van der Waals surface area contributed by atoms with Gasteiger partial charge in [0.2, 0.25) is 5.91 Å². The number of rotatable bonds is 8. The van der Waals surface area contributed by atoms with E-state index >= 15 is 0 Å². The van der Waals surface area contributed by atoms with E-state index in [1.54, 1.807) is 0 Å². The molecule has 1 amide bonds. The van der Waals surface area contributed by atoms with Gasteiger partial charge in [0.15, 0.2) is 0 Å². The molecule has 1 aliphatic heterocycles. The van der Waals surface area contributed by atoms with Crippen LogP contribution in [-0.2, 0) is 4.79 Å². The number of hydrogen-bond donors (Lipinski definition) is 2. The molecule has 0 spiro atoms. The maximum Gasteiger partial charge on any atom is 0.237 e. The van der Waals surface area contributed by atoms with Crippen LogP contribution in [0.1, 0.15) is 66.2 Å². The van der Waals surface area contributed by atoms with Crippen molar-refractivity contribution < 1.29 is 4.79 Å². The second-order valence-electron chi connectivity index (χ2n) is 6.47. The molecule has 1 fully saturated rings. The van der Waals surface area contributed by atoms with Crippen molar-refractivity contribution in [3.05, 3.63) is 0 Å². The molecule has 1 saturated heterocycles. The van der Waals surface area contributed by atoms with Gasteiger partial charge in [-0.05, 0) is 59.0 Å². The van der Waals surface area contributed by atoms with Crippen LogP contribution in [0.5, 0.6) is 0 Å². The Bertz CT molecular complexity index is 308. The highest BCUT2D eigenvalue weighted by Gasteiger charge is 2.35. The van der Waals surface area contributed by atoms with Gasteiger partial charge in [-0.15, -0.1) is 0 Å². The monoisotopic (exact) mass is 283 g/mol. The van der Waals surface area contributed by atoms with E-state index in [0.29, 0.717) is 12.1 Å². The van der Waals surface area contributed by atoms with Gasteiger partial charge in [0.25, 0.3) is 0 Å².